The van der Waals surface area contributed by atoms with E-state index in [9.17, 15) is 4.79 Å². The first-order valence-corrected chi connectivity index (χ1v) is 5.28. The van der Waals surface area contributed by atoms with Gasteiger partial charge < -0.3 is 4.74 Å². The van der Waals surface area contributed by atoms with E-state index in [1.807, 2.05) is 11.8 Å². The normalized spacial score (nSPS) is 44.8. The van der Waals surface area contributed by atoms with Crippen molar-refractivity contribution < 1.29 is 9.53 Å². The number of hydrogen-bond acceptors (Lipinski definition) is 2. The molecule has 2 bridgehead atoms. The van der Waals surface area contributed by atoms with E-state index in [-0.39, 0.29) is 6.09 Å². The Bertz CT molecular complexity index is 237. The molecule has 4 atom stereocenters. The average molecular weight is 181 g/mol. The van der Waals surface area contributed by atoms with Crippen molar-refractivity contribution in [3.63, 3.8) is 0 Å². The second-order valence-corrected chi connectivity index (χ2v) is 4.42. The monoisotopic (exact) mass is 181 g/mol. The van der Waals surface area contributed by atoms with E-state index in [1.165, 1.54) is 19.3 Å². The van der Waals surface area contributed by atoms with Crippen molar-refractivity contribution in [1.29, 1.82) is 0 Å². The van der Waals surface area contributed by atoms with Crippen molar-refractivity contribution in [2.75, 3.05) is 6.61 Å². The molecule has 3 aliphatic rings. The summed E-state index contributed by atoms with van der Waals surface area (Å²) in [7, 11) is 0. The molecule has 0 unspecified atom stereocenters. The third-order valence-corrected chi connectivity index (χ3v) is 3.86. The summed E-state index contributed by atoms with van der Waals surface area (Å²) in [5, 5.41) is 0. The number of piperidine rings is 1. The third-order valence-electron chi connectivity index (χ3n) is 3.86. The van der Waals surface area contributed by atoms with E-state index in [4.69, 9.17) is 4.74 Å². The van der Waals surface area contributed by atoms with Gasteiger partial charge in [-0.1, -0.05) is 0 Å². The summed E-state index contributed by atoms with van der Waals surface area (Å²) in [6, 6.07) is 1.13. The summed E-state index contributed by atoms with van der Waals surface area (Å²) in [6.45, 7) is 2.37. The van der Waals surface area contributed by atoms with Crippen molar-refractivity contribution in [2.45, 2.75) is 38.3 Å². The Kier molecular flexibility index (Phi) is 1.41. The van der Waals surface area contributed by atoms with Gasteiger partial charge in [0.2, 0.25) is 0 Å². The van der Waals surface area contributed by atoms with Crippen LogP contribution in [0.2, 0.25) is 0 Å². The van der Waals surface area contributed by atoms with Crippen LogP contribution in [0.1, 0.15) is 26.2 Å². The van der Waals surface area contributed by atoms with Crippen molar-refractivity contribution in [2.24, 2.45) is 11.8 Å². The maximum absolute atomic E-state index is 11.4. The second kappa shape index (κ2) is 2.40. The molecule has 1 heterocycles. The lowest BCUT2D eigenvalue weighted by Crippen LogP contribution is -2.21. The SMILES string of the molecule is CCOC(=O)N1[C@H]2[C@@H]3CC[C@H](C3)[C@@H]21. The highest BCUT2D eigenvalue weighted by molar-refractivity contribution is 5.73. The molecule has 72 valence electrons. The number of fused-ring (bicyclic) bond motifs is 5. The summed E-state index contributed by atoms with van der Waals surface area (Å²) in [5.74, 6) is 1.61. The Labute approximate surface area is 78.0 Å². The zero-order chi connectivity index (χ0) is 9.00. The molecule has 1 aliphatic heterocycles. The number of nitrogens with zero attached hydrogens (tertiary/aromatic N) is 1. The molecule has 3 heteroatoms. The highest BCUT2D eigenvalue weighted by atomic mass is 16.6. The predicted octanol–water partition coefficient (Wildman–Crippen LogP) is 1.63. The van der Waals surface area contributed by atoms with Crippen LogP contribution >= 0.6 is 0 Å². The minimum Gasteiger partial charge on any atom is -0.450 e. The van der Waals surface area contributed by atoms with E-state index >= 15 is 0 Å². The minimum absolute atomic E-state index is 0.0749. The number of carbonyl (C=O) groups is 1. The van der Waals surface area contributed by atoms with Gasteiger partial charge in [0, 0.05) is 0 Å². The summed E-state index contributed by atoms with van der Waals surface area (Å²) < 4.78 is 5.01. The van der Waals surface area contributed by atoms with Crippen LogP contribution in [0.15, 0.2) is 0 Å². The van der Waals surface area contributed by atoms with Crippen LogP contribution in [0.3, 0.4) is 0 Å². The fourth-order valence-corrected chi connectivity index (χ4v) is 3.39. The standard InChI is InChI=1S/C10H15NO2/c1-2-13-10(12)11-8-6-3-4-7(5-6)9(8)11/h6-9H,2-5H2,1H3/t6-,7-,8+,9+/m1/s1. The van der Waals surface area contributed by atoms with Crippen LogP contribution in [0.5, 0.6) is 0 Å². The number of hydrogen-bond donors (Lipinski definition) is 0. The topological polar surface area (TPSA) is 29.3 Å². The first-order valence-electron chi connectivity index (χ1n) is 5.28. The lowest BCUT2D eigenvalue weighted by atomic mass is 10.0. The van der Waals surface area contributed by atoms with Crippen LogP contribution in [0, 0.1) is 11.8 Å². The van der Waals surface area contributed by atoms with Gasteiger partial charge in [-0.25, -0.2) is 4.79 Å². The Morgan fingerprint density at radius 2 is 2.00 bits per heavy atom. The molecular weight excluding hydrogens is 166 g/mol. The molecule has 0 aromatic rings. The van der Waals surface area contributed by atoms with E-state index in [2.05, 4.69) is 0 Å². The second-order valence-electron chi connectivity index (χ2n) is 4.42. The lowest BCUT2D eigenvalue weighted by Gasteiger charge is -2.11. The number of carbonyl (C=O) groups excluding carboxylic acids is 1. The van der Waals surface area contributed by atoms with E-state index in [1.54, 1.807) is 0 Å². The highest BCUT2D eigenvalue weighted by Gasteiger charge is 2.66. The van der Waals surface area contributed by atoms with Gasteiger partial charge in [-0.15, -0.1) is 0 Å². The zero-order valence-electron chi connectivity index (χ0n) is 7.90. The smallest absolute Gasteiger partial charge is 0.410 e. The van der Waals surface area contributed by atoms with E-state index in [0.29, 0.717) is 18.7 Å². The molecule has 2 aliphatic carbocycles. The zero-order valence-corrected chi connectivity index (χ0v) is 7.90. The molecule has 1 saturated heterocycles. The number of likely N-dealkylation sites (tertiary alicyclic amines) is 1. The van der Waals surface area contributed by atoms with Crippen LogP contribution in [-0.4, -0.2) is 29.7 Å². The summed E-state index contributed by atoms with van der Waals surface area (Å²) in [4.78, 5) is 13.4. The average Bonchev–Trinajstić information content (AvgIpc) is 2.57. The first-order chi connectivity index (χ1) is 6.33. The molecule has 3 rings (SSSR count). The van der Waals surface area contributed by atoms with Gasteiger partial charge in [0.05, 0.1) is 18.7 Å². The molecule has 3 fully saturated rings. The van der Waals surface area contributed by atoms with E-state index < -0.39 is 0 Å². The van der Waals surface area contributed by atoms with Gasteiger partial charge in [0.15, 0.2) is 0 Å². The van der Waals surface area contributed by atoms with Crippen molar-refractivity contribution in [3.05, 3.63) is 0 Å². The van der Waals surface area contributed by atoms with Gasteiger partial charge in [0.1, 0.15) is 0 Å². The molecular formula is C10H15NO2. The minimum atomic E-state index is -0.0749. The van der Waals surface area contributed by atoms with Crippen molar-refractivity contribution in [3.8, 4) is 0 Å². The van der Waals surface area contributed by atoms with Crippen molar-refractivity contribution in [1.82, 2.24) is 4.90 Å². The highest BCUT2D eigenvalue weighted by Crippen LogP contribution is 2.58. The number of amides is 1. The largest absolute Gasteiger partial charge is 0.450 e. The molecule has 2 saturated carbocycles. The molecule has 0 aromatic heterocycles. The number of ether oxygens (including phenoxy) is 1. The fraction of sp³-hybridized carbons (Fsp3) is 0.900. The van der Waals surface area contributed by atoms with Crippen LogP contribution in [-0.2, 0) is 4.74 Å². The van der Waals surface area contributed by atoms with Crippen LogP contribution in [0.25, 0.3) is 0 Å². The summed E-state index contributed by atoms with van der Waals surface area (Å²) >= 11 is 0. The van der Waals surface area contributed by atoms with Gasteiger partial charge >= 0.3 is 6.09 Å². The van der Waals surface area contributed by atoms with Crippen LogP contribution in [0.4, 0.5) is 4.79 Å². The van der Waals surface area contributed by atoms with E-state index in [0.717, 1.165) is 11.8 Å². The van der Waals surface area contributed by atoms with Gasteiger partial charge in [-0.05, 0) is 38.0 Å². The number of rotatable bonds is 1. The summed E-state index contributed by atoms with van der Waals surface area (Å²) in [6.07, 6.45) is 3.96. The predicted molar refractivity (Wildman–Crippen MR) is 47.3 cm³/mol. The molecule has 13 heavy (non-hydrogen) atoms. The molecule has 0 spiro atoms. The first kappa shape index (κ1) is 7.65. The van der Waals surface area contributed by atoms with Gasteiger partial charge in [-0.2, -0.15) is 0 Å². The van der Waals surface area contributed by atoms with Crippen molar-refractivity contribution >= 4 is 6.09 Å². The maximum Gasteiger partial charge on any atom is 0.410 e. The Morgan fingerprint density at radius 3 is 2.54 bits per heavy atom. The maximum atomic E-state index is 11.4. The molecule has 0 radical (unpaired) electrons. The molecule has 1 amide bonds. The Morgan fingerprint density at radius 1 is 1.38 bits per heavy atom. The fourth-order valence-electron chi connectivity index (χ4n) is 3.39. The Balaban J connectivity index is 1.69. The quantitative estimate of drug-likeness (QED) is 0.575. The van der Waals surface area contributed by atoms with Gasteiger partial charge in [0.25, 0.3) is 0 Å². The molecule has 0 aromatic carbocycles. The van der Waals surface area contributed by atoms with Gasteiger partial charge in [-0.3, -0.25) is 4.90 Å². The lowest BCUT2D eigenvalue weighted by molar-refractivity contribution is 0.126. The third kappa shape index (κ3) is 0.875. The summed E-state index contributed by atoms with van der Waals surface area (Å²) in [5.41, 5.74) is 0. The molecule has 3 nitrogen and oxygen atoms in total. The molecule has 0 N–H and O–H groups in total. The Hall–Kier alpha value is -0.730. The van der Waals surface area contributed by atoms with Crippen LogP contribution < -0.4 is 0 Å².